The van der Waals surface area contributed by atoms with Crippen molar-refractivity contribution < 1.29 is 14.3 Å². The zero-order chi connectivity index (χ0) is 12.7. The molecule has 0 amide bonds. The third kappa shape index (κ3) is 4.26. The smallest absolute Gasteiger partial charge is 0.307 e. The quantitative estimate of drug-likeness (QED) is 0.686. The van der Waals surface area contributed by atoms with Crippen molar-refractivity contribution in [3.63, 3.8) is 0 Å². The molecule has 6 heteroatoms. The van der Waals surface area contributed by atoms with Crippen LogP contribution in [0.25, 0.3) is 0 Å². The van der Waals surface area contributed by atoms with Crippen LogP contribution in [0.5, 0.6) is 5.88 Å². The molecule has 0 saturated heterocycles. The Kier molecular flexibility index (Phi) is 5.19. The van der Waals surface area contributed by atoms with Crippen molar-refractivity contribution in [2.45, 2.75) is 13.3 Å². The molecular formula is C11H17N3O3. The second-order valence-corrected chi connectivity index (χ2v) is 3.38. The van der Waals surface area contributed by atoms with Crippen LogP contribution in [-0.2, 0) is 9.53 Å². The van der Waals surface area contributed by atoms with Crippen LogP contribution in [-0.4, -0.2) is 43.2 Å². The summed E-state index contributed by atoms with van der Waals surface area (Å²) in [5.74, 6) is 0.806. The van der Waals surface area contributed by atoms with E-state index in [1.165, 1.54) is 7.11 Å². The molecule has 0 saturated carbocycles. The summed E-state index contributed by atoms with van der Waals surface area (Å²) in [5.41, 5.74) is 0. The van der Waals surface area contributed by atoms with Crippen LogP contribution < -0.4 is 9.64 Å². The molecule has 94 valence electrons. The van der Waals surface area contributed by atoms with Crippen molar-refractivity contribution >= 4 is 11.9 Å². The number of aromatic nitrogens is 2. The summed E-state index contributed by atoms with van der Waals surface area (Å²) in [5, 5.41) is 0. The fraction of sp³-hybridized carbons (Fsp3) is 0.545. The lowest BCUT2D eigenvalue weighted by molar-refractivity contribution is -0.140. The lowest BCUT2D eigenvalue weighted by Gasteiger charge is -2.16. The van der Waals surface area contributed by atoms with Gasteiger partial charge in [-0.15, -0.1) is 0 Å². The zero-order valence-electron chi connectivity index (χ0n) is 10.3. The molecule has 0 aliphatic heterocycles. The van der Waals surface area contributed by atoms with Gasteiger partial charge in [-0.2, -0.15) is 4.98 Å². The average molecular weight is 239 g/mol. The van der Waals surface area contributed by atoms with Gasteiger partial charge in [0, 0.05) is 25.9 Å². The van der Waals surface area contributed by atoms with Gasteiger partial charge in [0.15, 0.2) is 0 Å². The molecular weight excluding hydrogens is 222 g/mol. The van der Waals surface area contributed by atoms with Crippen molar-refractivity contribution in [3.05, 3.63) is 12.3 Å². The Bertz CT molecular complexity index is 371. The van der Waals surface area contributed by atoms with Crippen LogP contribution in [0.2, 0.25) is 0 Å². The van der Waals surface area contributed by atoms with Crippen molar-refractivity contribution in [2.75, 3.05) is 32.2 Å². The van der Waals surface area contributed by atoms with E-state index in [-0.39, 0.29) is 5.97 Å². The average Bonchev–Trinajstić information content (AvgIpc) is 2.36. The summed E-state index contributed by atoms with van der Waals surface area (Å²) in [6, 6.07) is 1.70. The van der Waals surface area contributed by atoms with Gasteiger partial charge in [-0.3, -0.25) is 4.79 Å². The third-order valence-electron chi connectivity index (χ3n) is 2.13. The largest absolute Gasteiger partial charge is 0.478 e. The molecule has 17 heavy (non-hydrogen) atoms. The first-order chi connectivity index (χ1) is 8.17. The maximum atomic E-state index is 11.0. The molecule has 0 N–H and O–H groups in total. The first-order valence-corrected chi connectivity index (χ1v) is 5.41. The monoisotopic (exact) mass is 239 g/mol. The van der Waals surface area contributed by atoms with Gasteiger partial charge in [-0.1, -0.05) is 0 Å². The number of methoxy groups -OCH3 is 1. The highest BCUT2D eigenvalue weighted by Gasteiger charge is 2.08. The minimum absolute atomic E-state index is 0.252. The minimum atomic E-state index is -0.252. The summed E-state index contributed by atoms with van der Waals surface area (Å²) in [6.07, 6.45) is 1.93. The van der Waals surface area contributed by atoms with Crippen molar-refractivity contribution in [3.8, 4) is 5.88 Å². The fourth-order valence-electron chi connectivity index (χ4n) is 1.21. The molecule has 0 aliphatic rings. The van der Waals surface area contributed by atoms with Gasteiger partial charge < -0.3 is 14.4 Å². The molecule has 0 atom stereocenters. The molecule has 1 rings (SSSR count). The predicted octanol–water partition coefficient (Wildman–Crippen LogP) is 0.875. The Balaban J connectivity index is 2.58. The first kappa shape index (κ1) is 13.2. The molecule has 0 aliphatic carbocycles. The van der Waals surface area contributed by atoms with E-state index in [2.05, 4.69) is 14.7 Å². The van der Waals surface area contributed by atoms with Crippen LogP contribution in [0.1, 0.15) is 13.3 Å². The maximum Gasteiger partial charge on any atom is 0.307 e. The van der Waals surface area contributed by atoms with E-state index in [1.807, 2.05) is 14.0 Å². The Labute approximate surface area is 101 Å². The highest BCUT2D eigenvalue weighted by molar-refractivity contribution is 5.69. The first-order valence-electron chi connectivity index (χ1n) is 5.41. The molecule has 0 radical (unpaired) electrons. The molecule has 0 fully saturated rings. The number of rotatable bonds is 6. The molecule has 6 nitrogen and oxygen atoms in total. The van der Waals surface area contributed by atoms with Crippen LogP contribution in [0.15, 0.2) is 12.3 Å². The number of hydrogen-bond donors (Lipinski definition) is 0. The standard InChI is InChI=1S/C11H17N3O3/c1-4-17-9-5-7-12-11(13-9)14(2)8-6-10(15)16-3/h5,7H,4,6,8H2,1-3H3. The molecule has 0 bridgehead atoms. The summed E-state index contributed by atoms with van der Waals surface area (Å²) in [6.45, 7) is 2.95. The molecule has 1 aromatic heterocycles. The number of nitrogens with zero attached hydrogens (tertiary/aromatic N) is 3. The highest BCUT2D eigenvalue weighted by atomic mass is 16.5. The summed E-state index contributed by atoms with van der Waals surface area (Å²) < 4.78 is 9.84. The topological polar surface area (TPSA) is 64.5 Å². The highest BCUT2D eigenvalue weighted by Crippen LogP contribution is 2.11. The van der Waals surface area contributed by atoms with Crippen LogP contribution >= 0.6 is 0 Å². The maximum absolute atomic E-state index is 11.0. The number of ether oxygens (including phenoxy) is 2. The second kappa shape index (κ2) is 6.67. The van der Waals surface area contributed by atoms with Gasteiger partial charge in [-0.05, 0) is 6.92 Å². The van der Waals surface area contributed by atoms with Crippen LogP contribution in [0.3, 0.4) is 0 Å². The second-order valence-electron chi connectivity index (χ2n) is 3.38. The predicted molar refractivity (Wildman–Crippen MR) is 63.1 cm³/mol. The minimum Gasteiger partial charge on any atom is -0.478 e. The number of anilines is 1. The fourth-order valence-corrected chi connectivity index (χ4v) is 1.21. The Morgan fingerprint density at radius 2 is 2.29 bits per heavy atom. The van der Waals surface area contributed by atoms with E-state index in [4.69, 9.17) is 4.74 Å². The molecule has 0 spiro atoms. The number of carbonyl (C=O) groups is 1. The Morgan fingerprint density at radius 3 is 2.94 bits per heavy atom. The van der Waals surface area contributed by atoms with Gasteiger partial charge in [0.2, 0.25) is 11.8 Å². The lowest BCUT2D eigenvalue weighted by Crippen LogP contribution is -2.23. The summed E-state index contributed by atoms with van der Waals surface area (Å²) >= 11 is 0. The van der Waals surface area contributed by atoms with Crippen molar-refractivity contribution in [1.82, 2.24) is 9.97 Å². The molecule has 1 heterocycles. The number of hydrogen-bond acceptors (Lipinski definition) is 6. The van der Waals surface area contributed by atoms with Crippen LogP contribution in [0.4, 0.5) is 5.95 Å². The SMILES string of the molecule is CCOc1ccnc(N(C)CCC(=O)OC)n1. The van der Waals surface area contributed by atoms with Crippen LogP contribution in [0, 0.1) is 0 Å². The van der Waals surface area contributed by atoms with Gasteiger partial charge >= 0.3 is 5.97 Å². The van der Waals surface area contributed by atoms with Crippen molar-refractivity contribution in [2.24, 2.45) is 0 Å². The number of esters is 1. The Hall–Kier alpha value is -1.85. The lowest BCUT2D eigenvalue weighted by atomic mass is 10.4. The Morgan fingerprint density at radius 1 is 1.53 bits per heavy atom. The van der Waals surface area contributed by atoms with Crippen molar-refractivity contribution in [1.29, 1.82) is 0 Å². The summed E-state index contributed by atoms with van der Waals surface area (Å²) in [7, 11) is 3.18. The molecule has 1 aromatic rings. The van der Waals surface area contributed by atoms with E-state index in [1.54, 1.807) is 17.2 Å². The van der Waals surface area contributed by atoms with Gasteiger partial charge in [0.05, 0.1) is 20.1 Å². The van der Waals surface area contributed by atoms with Gasteiger partial charge in [0.1, 0.15) is 0 Å². The van der Waals surface area contributed by atoms with Gasteiger partial charge in [0.25, 0.3) is 0 Å². The van der Waals surface area contributed by atoms with E-state index in [0.29, 0.717) is 31.4 Å². The molecule has 0 aromatic carbocycles. The van der Waals surface area contributed by atoms with E-state index < -0.39 is 0 Å². The van der Waals surface area contributed by atoms with E-state index in [0.717, 1.165) is 0 Å². The molecule has 0 unspecified atom stereocenters. The summed E-state index contributed by atoms with van der Waals surface area (Å²) in [4.78, 5) is 21.1. The van der Waals surface area contributed by atoms with E-state index in [9.17, 15) is 4.79 Å². The third-order valence-corrected chi connectivity index (χ3v) is 2.13. The normalized spacial score (nSPS) is 9.82. The number of carbonyl (C=O) groups excluding carboxylic acids is 1. The zero-order valence-corrected chi connectivity index (χ0v) is 10.3. The van der Waals surface area contributed by atoms with E-state index >= 15 is 0 Å². The van der Waals surface area contributed by atoms with Gasteiger partial charge in [-0.25, -0.2) is 4.98 Å².